The molecule has 0 amide bonds. The van der Waals surface area contributed by atoms with Crippen molar-refractivity contribution in [1.82, 2.24) is 28.2 Å². The van der Waals surface area contributed by atoms with Crippen molar-refractivity contribution in [1.29, 1.82) is 0 Å². The molecule has 0 aliphatic carbocycles. The van der Waals surface area contributed by atoms with E-state index in [4.69, 9.17) is 69.6 Å². The summed E-state index contributed by atoms with van der Waals surface area (Å²) < 4.78 is 62.7. The third-order valence-electron chi connectivity index (χ3n) is 18.3. The highest BCUT2D eigenvalue weighted by Gasteiger charge is 2.35. The van der Waals surface area contributed by atoms with Gasteiger partial charge in [-0.2, -0.15) is 0 Å². The number of rotatable bonds is 47. The van der Waals surface area contributed by atoms with Gasteiger partial charge in [0.15, 0.2) is 0 Å². The van der Waals surface area contributed by atoms with Crippen molar-refractivity contribution in [2.24, 2.45) is 0 Å². The minimum Gasteiger partial charge on any atom is -0.339 e. The molecule has 0 aliphatic rings. The molecule has 532 valence electrons. The van der Waals surface area contributed by atoms with Crippen molar-refractivity contribution >= 4 is 113 Å². The van der Waals surface area contributed by atoms with Gasteiger partial charge in [-0.05, 0) is 91.2 Å². The summed E-state index contributed by atoms with van der Waals surface area (Å²) in [6, 6.07) is 26.6. The van der Waals surface area contributed by atoms with Crippen molar-refractivity contribution in [3.8, 4) is 11.4 Å². The van der Waals surface area contributed by atoms with Gasteiger partial charge in [0.25, 0.3) is 11.1 Å². The molecule has 97 heavy (non-hydrogen) atoms. The van der Waals surface area contributed by atoms with Gasteiger partial charge in [0, 0.05) is 37.2 Å². The summed E-state index contributed by atoms with van der Waals surface area (Å²) >= 11 is 40.9. The molecule has 0 spiro atoms. The second-order valence-corrected chi connectivity index (χ2v) is 32.5. The van der Waals surface area contributed by atoms with Gasteiger partial charge in [-0.3, -0.25) is 19.8 Å². The number of aromatic amines is 2. The summed E-state index contributed by atoms with van der Waals surface area (Å²) in [5, 5.41) is 13.9. The van der Waals surface area contributed by atoms with Crippen LogP contribution in [-0.4, -0.2) is 72.2 Å². The normalized spacial score (nSPS) is 12.1. The molecule has 0 aliphatic heterocycles. The molecule has 7 rings (SSSR count). The van der Waals surface area contributed by atoms with E-state index in [9.17, 15) is 16.8 Å². The Morgan fingerprint density at radius 3 is 1.01 bits per heavy atom. The maximum atomic E-state index is 15.8. The van der Waals surface area contributed by atoms with Crippen LogP contribution < -0.4 is 21.8 Å². The summed E-state index contributed by atoms with van der Waals surface area (Å²) in [4.78, 5) is 31.4. The number of hydrogen-bond acceptors (Lipinski definition) is 8. The van der Waals surface area contributed by atoms with Crippen molar-refractivity contribution in [2.45, 2.75) is 235 Å². The fourth-order valence-corrected chi connectivity index (χ4v) is 16.1. The van der Waals surface area contributed by atoms with Crippen LogP contribution in [0.4, 0.5) is 23.0 Å². The van der Waals surface area contributed by atoms with Crippen molar-refractivity contribution < 1.29 is 16.8 Å². The molecule has 0 radical (unpaired) electrons. The number of hydrogen-bond donors (Lipinski definition) is 4. The minimum atomic E-state index is -4.07. The Hall–Kier alpha value is -4.72. The van der Waals surface area contributed by atoms with E-state index >= 15 is 9.59 Å². The molecule has 0 unspecified atom stereocenters. The molecule has 0 bridgehead atoms. The zero-order chi connectivity index (χ0) is 69.7. The standard InChI is InChI=1S/C75H102Cl6N8O6S2/c1-5-7-9-11-13-15-17-19-21-23-25-27-29-31-33-38-50-86(3)96(92,93)59-44-48-61(78)65(54-59)82-72-70(74(90)88(84-72)67-52-57(76)42-46-63(67)80)69(56-40-36-35-37-41-56)71-73(85-89(75(71)91)68-53-58(77)43-47-64(68)81)83-66-55-60(45-49-62(66)79)97(94,95)87(4)51-39-34-32-30-28-26-24-22-20-18-16-14-12-10-8-6-2/h35-37,40-49,52-55,69,82-85H,5-34,38-39,50-51H2,1-4H3. The smallest absolute Gasteiger partial charge is 0.277 e. The van der Waals surface area contributed by atoms with Gasteiger partial charge in [0.1, 0.15) is 11.6 Å². The predicted octanol–water partition coefficient (Wildman–Crippen LogP) is 23.0. The topological polar surface area (TPSA) is 174 Å². The van der Waals surface area contributed by atoms with E-state index in [1.807, 2.05) is 0 Å². The third kappa shape index (κ3) is 23.7. The lowest BCUT2D eigenvalue weighted by Gasteiger charge is -2.20. The van der Waals surface area contributed by atoms with E-state index in [2.05, 4.69) is 34.7 Å². The number of H-pyrrole nitrogens is 2. The number of anilines is 4. The van der Waals surface area contributed by atoms with Crippen molar-refractivity contribution in [2.75, 3.05) is 37.8 Å². The lowest BCUT2D eigenvalue weighted by molar-refractivity contribution is 0.447. The zero-order valence-electron chi connectivity index (χ0n) is 57.3. The molecule has 14 nitrogen and oxygen atoms in total. The summed E-state index contributed by atoms with van der Waals surface area (Å²) in [6.45, 7) is 5.12. The molecular formula is C75H102Cl6N8O6S2. The lowest BCUT2D eigenvalue weighted by atomic mass is 9.86. The minimum absolute atomic E-state index is 0.00902. The van der Waals surface area contributed by atoms with Crippen molar-refractivity contribution in [3.63, 3.8) is 0 Å². The quantitative estimate of drug-likeness (QED) is 0.0273. The van der Waals surface area contributed by atoms with E-state index in [1.54, 1.807) is 56.6 Å². The van der Waals surface area contributed by atoms with Gasteiger partial charge in [-0.15, -0.1) is 0 Å². The van der Waals surface area contributed by atoms with Gasteiger partial charge >= 0.3 is 0 Å². The second-order valence-electron chi connectivity index (χ2n) is 25.9. The van der Waals surface area contributed by atoms with Crippen LogP contribution in [0.2, 0.25) is 30.1 Å². The van der Waals surface area contributed by atoms with Gasteiger partial charge in [-0.25, -0.2) is 34.8 Å². The van der Waals surface area contributed by atoms with Crippen LogP contribution in [0.15, 0.2) is 123 Å². The van der Waals surface area contributed by atoms with E-state index in [0.29, 0.717) is 31.5 Å². The second kappa shape index (κ2) is 41.3. The summed E-state index contributed by atoms with van der Waals surface area (Å²) in [5.41, 5.74) is -0.562. The van der Waals surface area contributed by atoms with E-state index in [-0.39, 0.29) is 85.4 Å². The molecule has 2 heterocycles. The number of benzene rings is 5. The fourth-order valence-electron chi connectivity index (χ4n) is 12.6. The monoisotopic (exact) mass is 1480 g/mol. The third-order valence-corrected chi connectivity index (χ3v) is 23.8. The van der Waals surface area contributed by atoms with Crippen LogP contribution in [0.25, 0.3) is 11.4 Å². The predicted molar refractivity (Wildman–Crippen MR) is 408 cm³/mol. The van der Waals surface area contributed by atoms with Crippen LogP contribution in [0.5, 0.6) is 0 Å². The Kier molecular flexibility index (Phi) is 33.9. The van der Waals surface area contributed by atoms with Crippen LogP contribution >= 0.6 is 69.6 Å². The first-order valence-corrected chi connectivity index (χ1v) is 40.6. The maximum absolute atomic E-state index is 15.8. The molecule has 0 fully saturated rings. The van der Waals surface area contributed by atoms with Crippen LogP contribution in [-0.2, 0) is 20.0 Å². The highest BCUT2D eigenvalue weighted by atomic mass is 35.5. The highest BCUT2D eigenvalue weighted by molar-refractivity contribution is 7.89. The van der Waals surface area contributed by atoms with E-state index < -0.39 is 37.1 Å². The van der Waals surface area contributed by atoms with E-state index in [1.165, 1.54) is 233 Å². The Balaban J connectivity index is 1.14. The summed E-state index contributed by atoms with van der Waals surface area (Å²) in [7, 11) is -5.01. The number of aromatic nitrogens is 4. The first kappa shape index (κ1) is 79.6. The molecule has 5 aromatic carbocycles. The molecule has 0 saturated carbocycles. The van der Waals surface area contributed by atoms with Gasteiger partial charge in [-0.1, -0.05) is 306 Å². The van der Waals surface area contributed by atoms with Crippen LogP contribution in [0.1, 0.15) is 242 Å². The zero-order valence-corrected chi connectivity index (χ0v) is 63.4. The van der Waals surface area contributed by atoms with Gasteiger partial charge in [0.05, 0.1) is 69.7 Å². The number of sulfonamides is 2. The summed E-state index contributed by atoms with van der Waals surface area (Å²) in [6.07, 6.45) is 38.7. The summed E-state index contributed by atoms with van der Waals surface area (Å²) in [5.74, 6) is -1.35. The van der Waals surface area contributed by atoms with Crippen LogP contribution in [0, 0.1) is 0 Å². The number of unbranched alkanes of at least 4 members (excludes halogenated alkanes) is 30. The molecule has 7 aromatic rings. The number of nitrogens with zero attached hydrogens (tertiary/aromatic N) is 4. The molecule has 4 N–H and O–H groups in total. The largest absolute Gasteiger partial charge is 0.339 e. The maximum Gasteiger partial charge on any atom is 0.277 e. The fraction of sp³-hybridized carbons (Fsp3) is 0.520. The first-order valence-electron chi connectivity index (χ1n) is 35.5. The van der Waals surface area contributed by atoms with Crippen molar-refractivity contribution in [3.05, 3.63) is 171 Å². The molecule has 2 aromatic heterocycles. The molecule has 0 atom stereocenters. The van der Waals surface area contributed by atoms with E-state index in [0.717, 1.165) is 38.5 Å². The Bertz CT molecular complexity index is 3680. The van der Waals surface area contributed by atoms with Gasteiger partial charge in [0.2, 0.25) is 20.0 Å². The lowest BCUT2D eigenvalue weighted by Crippen LogP contribution is -2.28. The first-order chi connectivity index (χ1) is 46.8. The highest BCUT2D eigenvalue weighted by Crippen LogP contribution is 2.41. The van der Waals surface area contributed by atoms with Gasteiger partial charge < -0.3 is 10.6 Å². The average Bonchev–Trinajstić information content (AvgIpc) is 1.60. The number of nitrogens with one attached hydrogen (secondary N) is 4. The molecule has 0 saturated heterocycles. The number of halogens is 6. The Morgan fingerprint density at radius 2 is 0.691 bits per heavy atom. The van der Waals surface area contributed by atoms with Crippen LogP contribution in [0.3, 0.4) is 0 Å². The molecular weight excluding hydrogens is 1390 g/mol. The Labute approximate surface area is 608 Å². The average molecular weight is 1490 g/mol. The SMILES string of the molecule is CCCCCCCCCCCCCCCCCCN(C)S(=O)(=O)c1ccc(Cl)c(Nc2[nH]n(-c3cc(Cl)ccc3Cl)c(=O)c2C(c2ccccc2)c2c(Nc3cc(S(=O)(=O)N(C)CCCCCCCCCCCCCCCCCC)ccc3Cl)[nH]n(-c3cc(Cl)ccc3Cl)c2=O)c1. The molecule has 22 heteroatoms. The Morgan fingerprint density at radius 1 is 0.392 bits per heavy atom.